The fourth-order valence-corrected chi connectivity index (χ4v) is 2.35. The van der Waals surface area contributed by atoms with E-state index in [2.05, 4.69) is 6.58 Å². The van der Waals surface area contributed by atoms with Crippen molar-refractivity contribution < 1.29 is 4.79 Å². The van der Waals surface area contributed by atoms with Crippen molar-refractivity contribution in [1.82, 2.24) is 0 Å². The van der Waals surface area contributed by atoms with Gasteiger partial charge in [0.15, 0.2) is 0 Å². The van der Waals surface area contributed by atoms with Crippen LogP contribution in [0.4, 0.5) is 0 Å². The fourth-order valence-electron chi connectivity index (χ4n) is 1.91. The van der Waals surface area contributed by atoms with Crippen LogP contribution >= 0.6 is 23.2 Å². The summed E-state index contributed by atoms with van der Waals surface area (Å²) in [6.07, 6.45) is 7.67. The lowest BCUT2D eigenvalue weighted by atomic mass is 10.1. The number of carbonyl (C=O) groups is 1. The Kier molecular flexibility index (Phi) is 5.76. The van der Waals surface area contributed by atoms with E-state index in [4.69, 9.17) is 23.2 Å². The zero-order valence-electron chi connectivity index (χ0n) is 11.8. The second-order valence-corrected chi connectivity index (χ2v) is 5.49. The van der Waals surface area contributed by atoms with Gasteiger partial charge in [0.25, 0.3) is 0 Å². The summed E-state index contributed by atoms with van der Waals surface area (Å²) < 4.78 is 0. The second kappa shape index (κ2) is 7.79. The molecule has 2 aromatic carbocycles. The molecule has 0 aromatic heterocycles. The molecule has 0 atom stereocenters. The SMILES string of the molecule is C=C(/C=C/c1ccc(/C=C/C=O)cc1Cl)c1cccc(Cl)c1. The number of carbonyl (C=O) groups excluding carboxylic acids is 1. The van der Waals surface area contributed by atoms with Crippen molar-refractivity contribution in [2.75, 3.05) is 0 Å². The van der Waals surface area contributed by atoms with Crippen LogP contribution < -0.4 is 0 Å². The zero-order chi connectivity index (χ0) is 15.9. The van der Waals surface area contributed by atoms with E-state index in [1.54, 1.807) is 6.08 Å². The number of hydrogen-bond acceptors (Lipinski definition) is 1. The summed E-state index contributed by atoms with van der Waals surface area (Å²) in [7, 11) is 0. The van der Waals surface area contributed by atoms with Gasteiger partial charge in [0.05, 0.1) is 0 Å². The van der Waals surface area contributed by atoms with E-state index in [0.717, 1.165) is 28.5 Å². The van der Waals surface area contributed by atoms with Gasteiger partial charge in [0.2, 0.25) is 0 Å². The maximum absolute atomic E-state index is 10.3. The minimum Gasteiger partial charge on any atom is -0.299 e. The molecule has 0 heterocycles. The highest BCUT2D eigenvalue weighted by Gasteiger charge is 1.99. The van der Waals surface area contributed by atoms with Crippen molar-refractivity contribution >= 4 is 47.2 Å². The third-order valence-corrected chi connectivity index (χ3v) is 3.61. The van der Waals surface area contributed by atoms with Gasteiger partial charge in [-0.15, -0.1) is 0 Å². The normalized spacial score (nSPS) is 11.2. The van der Waals surface area contributed by atoms with Crippen LogP contribution in [0.1, 0.15) is 16.7 Å². The zero-order valence-corrected chi connectivity index (χ0v) is 13.3. The number of aldehydes is 1. The molecule has 0 spiro atoms. The molecule has 2 aromatic rings. The molecule has 0 bridgehead atoms. The maximum atomic E-state index is 10.3. The van der Waals surface area contributed by atoms with E-state index in [1.165, 1.54) is 6.08 Å². The van der Waals surface area contributed by atoms with E-state index in [9.17, 15) is 4.79 Å². The lowest BCUT2D eigenvalue weighted by Gasteiger charge is -2.03. The first-order valence-electron chi connectivity index (χ1n) is 6.64. The summed E-state index contributed by atoms with van der Waals surface area (Å²) >= 11 is 12.2. The van der Waals surface area contributed by atoms with Gasteiger partial charge in [0.1, 0.15) is 6.29 Å². The molecule has 0 aliphatic rings. The van der Waals surface area contributed by atoms with Crippen LogP contribution in [0.15, 0.2) is 61.2 Å². The standard InChI is InChI=1S/C19H14Cl2O/c1-14(17-5-2-6-18(20)13-17)7-9-16-10-8-15(4-3-11-22)12-19(16)21/h2-13H,1H2/b4-3+,9-7+. The van der Waals surface area contributed by atoms with E-state index < -0.39 is 0 Å². The Hall–Kier alpha value is -2.09. The van der Waals surface area contributed by atoms with Crippen molar-refractivity contribution in [3.8, 4) is 0 Å². The fraction of sp³-hybridized carbons (Fsp3) is 0. The molecule has 0 saturated heterocycles. The highest BCUT2D eigenvalue weighted by molar-refractivity contribution is 6.32. The molecular formula is C19H14Cl2O. The monoisotopic (exact) mass is 328 g/mol. The molecule has 0 aliphatic heterocycles. The molecule has 3 heteroatoms. The molecule has 110 valence electrons. The number of rotatable bonds is 5. The lowest BCUT2D eigenvalue weighted by molar-refractivity contribution is -0.104. The van der Waals surface area contributed by atoms with Crippen LogP contribution in [0.5, 0.6) is 0 Å². The summed E-state index contributed by atoms with van der Waals surface area (Å²) in [5.41, 5.74) is 3.57. The molecule has 0 radical (unpaired) electrons. The van der Waals surface area contributed by atoms with Gasteiger partial charge in [-0.3, -0.25) is 4.79 Å². The predicted octanol–water partition coefficient (Wildman–Crippen LogP) is 5.93. The summed E-state index contributed by atoms with van der Waals surface area (Å²) in [5, 5.41) is 1.29. The average molecular weight is 329 g/mol. The Balaban J connectivity index is 2.18. The first-order chi connectivity index (χ1) is 10.6. The van der Waals surface area contributed by atoms with Gasteiger partial charge in [-0.25, -0.2) is 0 Å². The number of halogens is 2. The van der Waals surface area contributed by atoms with Crippen LogP contribution in [0, 0.1) is 0 Å². The highest BCUT2D eigenvalue weighted by Crippen LogP contribution is 2.23. The van der Waals surface area contributed by atoms with Gasteiger partial charge in [-0.05, 0) is 46.5 Å². The third kappa shape index (κ3) is 4.45. The third-order valence-electron chi connectivity index (χ3n) is 3.05. The molecule has 0 aliphatic carbocycles. The van der Waals surface area contributed by atoms with Crippen LogP contribution in [0.3, 0.4) is 0 Å². The second-order valence-electron chi connectivity index (χ2n) is 4.65. The molecule has 2 rings (SSSR count). The molecular weight excluding hydrogens is 315 g/mol. The Morgan fingerprint density at radius 1 is 1.05 bits per heavy atom. The summed E-state index contributed by atoms with van der Waals surface area (Å²) in [6.45, 7) is 4.03. The number of hydrogen-bond donors (Lipinski definition) is 0. The van der Waals surface area contributed by atoms with Crippen molar-refractivity contribution in [3.63, 3.8) is 0 Å². The van der Waals surface area contributed by atoms with E-state index in [0.29, 0.717) is 10.0 Å². The van der Waals surface area contributed by atoms with Crippen molar-refractivity contribution in [2.24, 2.45) is 0 Å². The molecule has 0 unspecified atom stereocenters. The van der Waals surface area contributed by atoms with Gasteiger partial charge < -0.3 is 0 Å². The Bertz CT molecular complexity index is 758. The number of benzene rings is 2. The van der Waals surface area contributed by atoms with E-state index in [-0.39, 0.29) is 0 Å². The van der Waals surface area contributed by atoms with Crippen LogP contribution in [0.2, 0.25) is 10.0 Å². The lowest BCUT2D eigenvalue weighted by Crippen LogP contribution is -1.81. The van der Waals surface area contributed by atoms with E-state index >= 15 is 0 Å². The average Bonchev–Trinajstić information content (AvgIpc) is 2.51. The minimum absolute atomic E-state index is 0.614. The topological polar surface area (TPSA) is 17.1 Å². The van der Waals surface area contributed by atoms with Crippen LogP contribution in [-0.2, 0) is 4.79 Å². The summed E-state index contributed by atoms with van der Waals surface area (Å²) in [4.78, 5) is 10.3. The first-order valence-corrected chi connectivity index (χ1v) is 7.40. The largest absolute Gasteiger partial charge is 0.299 e. The summed E-state index contributed by atoms with van der Waals surface area (Å²) in [5.74, 6) is 0. The number of allylic oxidation sites excluding steroid dienone is 3. The van der Waals surface area contributed by atoms with Gasteiger partial charge in [-0.1, -0.05) is 72.3 Å². The smallest absolute Gasteiger partial charge is 0.142 e. The van der Waals surface area contributed by atoms with Crippen molar-refractivity contribution in [2.45, 2.75) is 0 Å². The van der Waals surface area contributed by atoms with Gasteiger partial charge >= 0.3 is 0 Å². The Labute approximate surface area is 140 Å². The van der Waals surface area contributed by atoms with Crippen molar-refractivity contribution in [3.05, 3.63) is 87.9 Å². The van der Waals surface area contributed by atoms with Crippen LogP contribution in [-0.4, -0.2) is 6.29 Å². The van der Waals surface area contributed by atoms with Crippen molar-refractivity contribution in [1.29, 1.82) is 0 Å². The summed E-state index contributed by atoms with van der Waals surface area (Å²) in [6, 6.07) is 13.1. The van der Waals surface area contributed by atoms with Crippen LogP contribution in [0.25, 0.3) is 17.7 Å². The van der Waals surface area contributed by atoms with Gasteiger partial charge in [0, 0.05) is 10.0 Å². The highest BCUT2D eigenvalue weighted by atomic mass is 35.5. The molecule has 0 fully saturated rings. The molecule has 0 N–H and O–H groups in total. The molecule has 0 saturated carbocycles. The quantitative estimate of drug-likeness (QED) is 0.377. The predicted molar refractivity (Wildman–Crippen MR) is 96.1 cm³/mol. The molecule has 0 amide bonds. The van der Waals surface area contributed by atoms with Gasteiger partial charge in [-0.2, -0.15) is 0 Å². The molecule has 22 heavy (non-hydrogen) atoms. The first kappa shape index (κ1) is 16.3. The minimum atomic E-state index is 0.614. The maximum Gasteiger partial charge on any atom is 0.142 e. The Morgan fingerprint density at radius 3 is 2.55 bits per heavy atom. The Morgan fingerprint density at radius 2 is 1.86 bits per heavy atom. The van der Waals surface area contributed by atoms with E-state index in [1.807, 2.05) is 54.6 Å². The molecule has 1 nitrogen and oxygen atoms in total.